The molecule has 2 aliphatic heterocycles. The molecule has 0 saturated carbocycles. The Balaban J connectivity index is 1.75. The number of nitrogens with one attached hydrogen (secondary N) is 1. The summed E-state index contributed by atoms with van der Waals surface area (Å²) in [7, 11) is 1.69. The van der Waals surface area contributed by atoms with Gasteiger partial charge in [0.05, 0.1) is 18.5 Å². The van der Waals surface area contributed by atoms with Crippen LogP contribution in [-0.4, -0.2) is 31.2 Å². The molecule has 1 saturated heterocycles. The van der Waals surface area contributed by atoms with Crippen molar-refractivity contribution in [3.8, 4) is 17.0 Å². The summed E-state index contributed by atoms with van der Waals surface area (Å²) in [5.41, 5.74) is 3.30. The van der Waals surface area contributed by atoms with Crippen LogP contribution < -0.4 is 15.0 Å². The first-order valence-electron chi connectivity index (χ1n) is 7.00. The Kier molecular flexibility index (Phi) is 2.55. The van der Waals surface area contributed by atoms with Crippen LogP contribution in [0.25, 0.3) is 11.3 Å². The van der Waals surface area contributed by atoms with E-state index in [-0.39, 0.29) is 0 Å². The van der Waals surface area contributed by atoms with Crippen molar-refractivity contribution in [3.05, 3.63) is 36.4 Å². The van der Waals surface area contributed by atoms with Crippen molar-refractivity contribution in [2.75, 3.05) is 30.4 Å². The molecule has 0 unspecified atom stereocenters. The molecule has 4 rings (SSSR count). The maximum absolute atomic E-state index is 5.28. The highest BCUT2D eigenvalue weighted by Crippen LogP contribution is 2.36. The van der Waals surface area contributed by atoms with Gasteiger partial charge >= 0.3 is 0 Å². The number of hydrogen-bond acceptors (Lipinski definition) is 4. The molecular weight excluding hydrogens is 250 g/mol. The average Bonchev–Trinajstić information content (AvgIpc) is 2.89. The highest BCUT2D eigenvalue weighted by molar-refractivity contribution is 5.74. The van der Waals surface area contributed by atoms with Gasteiger partial charge in [0.25, 0.3) is 0 Å². The number of hydrogen-bond donors (Lipinski definition) is 1. The van der Waals surface area contributed by atoms with E-state index in [2.05, 4.69) is 28.4 Å². The number of rotatable bonds is 2. The second-order valence-electron chi connectivity index (χ2n) is 5.37. The van der Waals surface area contributed by atoms with Crippen molar-refractivity contribution in [3.63, 3.8) is 0 Å². The lowest BCUT2D eigenvalue weighted by Crippen LogP contribution is -2.32. The molecular formula is C16H17N3O. The number of pyridine rings is 1. The Bertz CT molecular complexity index is 656. The van der Waals surface area contributed by atoms with Crippen molar-refractivity contribution in [1.82, 2.24) is 4.98 Å². The summed E-state index contributed by atoms with van der Waals surface area (Å²) in [4.78, 5) is 7.21. The number of benzene rings is 1. The van der Waals surface area contributed by atoms with Gasteiger partial charge in [-0.15, -0.1) is 0 Å². The third kappa shape index (κ3) is 1.80. The second kappa shape index (κ2) is 4.40. The van der Waals surface area contributed by atoms with Gasteiger partial charge in [0.15, 0.2) is 5.82 Å². The number of ether oxygens (including phenoxy) is 1. The van der Waals surface area contributed by atoms with Crippen molar-refractivity contribution in [1.29, 1.82) is 0 Å². The fraction of sp³-hybridized carbons (Fsp3) is 0.312. The summed E-state index contributed by atoms with van der Waals surface area (Å²) in [6, 6.07) is 12.8. The molecule has 1 aromatic carbocycles. The molecule has 3 heterocycles. The summed E-state index contributed by atoms with van der Waals surface area (Å²) in [6.45, 7) is 2.23. The van der Waals surface area contributed by atoms with Crippen LogP contribution in [0.5, 0.6) is 5.75 Å². The van der Waals surface area contributed by atoms with Crippen LogP contribution in [0.2, 0.25) is 0 Å². The van der Waals surface area contributed by atoms with E-state index in [0.29, 0.717) is 6.04 Å². The first-order chi connectivity index (χ1) is 9.83. The minimum Gasteiger partial charge on any atom is -0.497 e. The quantitative estimate of drug-likeness (QED) is 0.908. The molecule has 2 aliphatic rings. The van der Waals surface area contributed by atoms with E-state index in [9.17, 15) is 0 Å². The lowest BCUT2D eigenvalue weighted by atomic mass is 10.1. The number of methoxy groups -OCH3 is 1. The van der Waals surface area contributed by atoms with E-state index in [1.54, 1.807) is 7.11 Å². The van der Waals surface area contributed by atoms with Gasteiger partial charge in [-0.1, -0.05) is 12.1 Å². The maximum Gasteiger partial charge on any atom is 0.150 e. The zero-order valence-electron chi connectivity index (χ0n) is 11.5. The molecule has 102 valence electrons. The van der Waals surface area contributed by atoms with Crippen molar-refractivity contribution >= 4 is 11.5 Å². The molecule has 4 nitrogen and oxygen atoms in total. The van der Waals surface area contributed by atoms with Gasteiger partial charge in [-0.25, -0.2) is 4.98 Å². The van der Waals surface area contributed by atoms with Gasteiger partial charge in [-0.2, -0.15) is 0 Å². The summed E-state index contributed by atoms with van der Waals surface area (Å²) in [5, 5.41) is 3.54. The molecule has 1 fully saturated rings. The Morgan fingerprint density at radius 1 is 1.30 bits per heavy atom. The van der Waals surface area contributed by atoms with Crippen LogP contribution in [0.3, 0.4) is 0 Å². The summed E-state index contributed by atoms with van der Waals surface area (Å²) < 4.78 is 5.28. The van der Waals surface area contributed by atoms with E-state index in [1.165, 1.54) is 12.1 Å². The average molecular weight is 267 g/mol. The number of fused-ring (bicyclic) bond motifs is 4. The zero-order valence-corrected chi connectivity index (χ0v) is 11.5. The molecule has 1 N–H and O–H groups in total. The van der Waals surface area contributed by atoms with Gasteiger partial charge in [0.1, 0.15) is 5.75 Å². The number of aromatic nitrogens is 1. The van der Waals surface area contributed by atoms with Crippen molar-refractivity contribution in [2.45, 2.75) is 12.5 Å². The first kappa shape index (κ1) is 11.6. The third-order valence-corrected chi connectivity index (χ3v) is 4.11. The van der Waals surface area contributed by atoms with Gasteiger partial charge in [-0.05, 0) is 30.7 Å². The SMILES string of the molecule is COc1cccc(-c2ccc3c(n2)N[C@H]2CCN3C2)c1. The van der Waals surface area contributed by atoms with Gasteiger partial charge < -0.3 is 15.0 Å². The molecule has 0 aliphatic carbocycles. The van der Waals surface area contributed by atoms with E-state index >= 15 is 0 Å². The molecule has 20 heavy (non-hydrogen) atoms. The largest absolute Gasteiger partial charge is 0.497 e. The molecule has 2 aromatic rings. The fourth-order valence-corrected chi connectivity index (χ4v) is 3.05. The summed E-state index contributed by atoms with van der Waals surface area (Å²) in [6.07, 6.45) is 1.20. The van der Waals surface area contributed by atoms with Crippen LogP contribution in [0.4, 0.5) is 11.5 Å². The van der Waals surface area contributed by atoms with Crippen LogP contribution in [-0.2, 0) is 0 Å². The molecule has 0 spiro atoms. The van der Waals surface area contributed by atoms with Gasteiger partial charge in [0, 0.05) is 24.7 Å². The third-order valence-electron chi connectivity index (χ3n) is 4.11. The lowest BCUT2D eigenvalue weighted by molar-refractivity contribution is 0.415. The monoisotopic (exact) mass is 267 g/mol. The Labute approximate surface area is 118 Å². The first-order valence-corrected chi connectivity index (χ1v) is 7.00. The highest BCUT2D eigenvalue weighted by atomic mass is 16.5. The molecule has 4 heteroatoms. The van der Waals surface area contributed by atoms with E-state index in [4.69, 9.17) is 9.72 Å². The predicted octanol–water partition coefficient (Wildman–Crippen LogP) is 2.76. The Hall–Kier alpha value is -2.23. The number of anilines is 2. The Morgan fingerprint density at radius 3 is 3.15 bits per heavy atom. The molecule has 1 aromatic heterocycles. The maximum atomic E-state index is 5.28. The van der Waals surface area contributed by atoms with E-state index in [1.807, 2.05) is 18.2 Å². The normalized spacial score (nSPS) is 19.4. The van der Waals surface area contributed by atoms with Gasteiger partial charge in [-0.3, -0.25) is 0 Å². The summed E-state index contributed by atoms with van der Waals surface area (Å²) in [5.74, 6) is 1.87. The topological polar surface area (TPSA) is 37.4 Å². The van der Waals surface area contributed by atoms with Gasteiger partial charge in [0.2, 0.25) is 0 Å². The fourth-order valence-electron chi connectivity index (χ4n) is 3.05. The highest BCUT2D eigenvalue weighted by Gasteiger charge is 2.30. The second-order valence-corrected chi connectivity index (χ2v) is 5.37. The smallest absolute Gasteiger partial charge is 0.150 e. The minimum atomic E-state index is 0.551. The summed E-state index contributed by atoms with van der Waals surface area (Å²) >= 11 is 0. The Morgan fingerprint density at radius 2 is 2.25 bits per heavy atom. The molecule has 2 bridgehead atoms. The van der Waals surface area contributed by atoms with Crippen LogP contribution in [0, 0.1) is 0 Å². The van der Waals surface area contributed by atoms with Crippen LogP contribution >= 0.6 is 0 Å². The van der Waals surface area contributed by atoms with Crippen LogP contribution in [0.1, 0.15) is 6.42 Å². The van der Waals surface area contributed by atoms with Crippen molar-refractivity contribution < 1.29 is 4.74 Å². The standard InChI is InChI=1S/C16H17N3O/c1-20-13-4-2-3-11(9-13)14-5-6-15-16(18-14)17-12-7-8-19(15)10-12/h2-6,9,12H,7-8,10H2,1H3,(H,17,18)/t12-/m0/s1. The number of nitrogens with zero attached hydrogens (tertiary/aromatic N) is 2. The van der Waals surface area contributed by atoms with Crippen LogP contribution in [0.15, 0.2) is 36.4 Å². The minimum absolute atomic E-state index is 0.551. The molecule has 0 amide bonds. The molecule has 0 radical (unpaired) electrons. The van der Waals surface area contributed by atoms with E-state index < -0.39 is 0 Å². The van der Waals surface area contributed by atoms with Crippen molar-refractivity contribution in [2.24, 2.45) is 0 Å². The lowest BCUT2D eigenvalue weighted by Gasteiger charge is -2.28. The van der Waals surface area contributed by atoms with E-state index in [0.717, 1.165) is 35.9 Å². The molecule has 1 atom stereocenters. The predicted molar refractivity (Wildman–Crippen MR) is 80.5 cm³/mol. The zero-order chi connectivity index (χ0) is 13.5.